The van der Waals surface area contributed by atoms with Crippen LogP contribution in [0.1, 0.15) is 25.3 Å². The highest BCUT2D eigenvalue weighted by Crippen LogP contribution is 2.27. The third-order valence-corrected chi connectivity index (χ3v) is 5.00. The highest BCUT2D eigenvalue weighted by atomic mass is 79.9. The monoisotopic (exact) mass is 422 g/mol. The van der Waals surface area contributed by atoms with E-state index in [0.29, 0.717) is 10.7 Å². The summed E-state index contributed by atoms with van der Waals surface area (Å²) in [6.07, 6.45) is 7.31. The van der Waals surface area contributed by atoms with Crippen LogP contribution in [0.25, 0.3) is 0 Å². The van der Waals surface area contributed by atoms with E-state index in [9.17, 15) is 15.3 Å². The molecule has 1 N–H and O–H groups in total. The van der Waals surface area contributed by atoms with Gasteiger partial charge in [0.1, 0.15) is 0 Å². The summed E-state index contributed by atoms with van der Waals surface area (Å²) in [7, 11) is 0. The van der Waals surface area contributed by atoms with Gasteiger partial charge in [0, 0.05) is 47.5 Å². The van der Waals surface area contributed by atoms with Crippen LogP contribution >= 0.6 is 15.9 Å². The summed E-state index contributed by atoms with van der Waals surface area (Å²) in [6, 6.07) is 1.26. The van der Waals surface area contributed by atoms with Crippen molar-refractivity contribution in [1.82, 2.24) is 9.97 Å². The lowest BCUT2D eigenvalue weighted by Gasteiger charge is -2.32. The Morgan fingerprint density at radius 3 is 2.62 bits per heavy atom. The maximum atomic E-state index is 11.7. The molecule has 0 saturated carbocycles. The number of nitro groups is 1. The van der Waals surface area contributed by atoms with Gasteiger partial charge < -0.3 is 15.4 Å². The Hall–Kier alpha value is -2.49. The highest BCUT2D eigenvalue weighted by molar-refractivity contribution is 9.10. The minimum absolute atomic E-state index is 0.0426. The molecule has 1 saturated heterocycles. The fourth-order valence-electron chi connectivity index (χ4n) is 2.90. The van der Waals surface area contributed by atoms with E-state index in [1.54, 1.807) is 0 Å². The number of aryl methyl sites for hydroxylation is 1. The number of hydrogen-bond acceptors (Lipinski definition) is 7. The largest absolute Gasteiger partial charge is 0.618 e. The van der Waals surface area contributed by atoms with Crippen molar-refractivity contribution in [2.75, 3.05) is 23.3 Å². The summed E-state index contributed by atoms with van der Waals surface area (Å²) < 4.78 is 0.672. The first-order valence-electron chi connectivity index (χ1n) is 8.37. The van der Waals surface area contributed by atoms with Crippen LogP contribution in [0.3, 0.4) is 0 Å². The minimum atomic E-state index is -0.495. The first-order chi connectivity index (χ1) is 12.5. The zero-order valence-electron chi connectivity index (χ0n) is 14.3. The topological polar surface area (TPSA) is 111 Å². The number of pyridine rings is 1. The molecule has 0 aromatic carbocycles. The van der Waals surface area contributed by atoms with E-state index < -0.39 is 4.92 Å². The summed E-state index contributed by atoms with van der Waals surface area (Å²) in [5.74, 6) is 0.702. The van der Waals surface area contributed by atoms with Crippen molar-refractivity contribution in [3.63, 3.8) is 0 Å². The Balaban J connectivity index is 1.65. The number of nitrogens with one attached hydrogen (secondary N) is 1. The first-order valence-corrected chi connectivity index (χ1v) is 9.16. The summed E-state index contributed by atoms with van der Waals surface area (Å²) in [5, 5.41) is 26.1. The SMILES string of the molecule is CCc1cnc(N2CCC(Nc3c[n+]([O-])c(Br)cc3[N+](=O)[O-])CC2)nc1. The number of rotatable bonds is 5. The minimum Gasteiger partial charge on any atom is -0.618 e. The van der Waals surface area contributed by atoms with Gasteiger partial charge in [0.05, 0.1) is 11.0 Å². The lowest BCUT2D eigenvalue weighted by Crippen LogP contribution is -2.40. The Bertz CT molecular complexity index is 793. The van der Waals surface area contributed by atoms with Gasteiger partial charge in [-0.25, -0.2) is 9.97 Å². The van der Waals surface area contributed by atoms with Crippen molar-refractivity contribution in [3.8, 4) is 0 Å². The van der Waals surface area contributed by atoms with Gasteiger partial charge in [0.25, 0.3) is 4.60 Å². The van der Waals surface area contributed by atoms with E-state index >= 15 is 0 Å². The van der Waals surface area contributed by atoms with E-state index in [2.05, 4.69) is 43.0 Å². The summed E-state index contributed by atoms with van der Waals surface area (Å²) in [4.78, 5) is 21.6. The maximum Gasteiger partial charge on any atom is 0.305 e. The van der Waals surface area contributed by atoms with Crippen molar-refractivity contribution in [2.24, 2.45) is 0 Å². The molecule has 9 nitrogen and oxygen atoms in total. The van der Waals surface area contributed by atoms with Crippen LogP contribution in [0, 0.1) is 15.3 Å². The smallest absolute Gasteiger partial charge is 0.305 e. The van der Waals surface area contributed by atoms with Gasteiger partial charge in [0.2, 0.25) is 12.1 Å². The number of hydrogen-bond donors (Lipinski definition) is 1. The Labute approximate surface area is 158 Å². The lowest BCUT2D eigenvalue weighted by molar-refractivity contribution is -0.617. The van der Waals surface area contributed by atoms with Crippen molar-refractivity contribution in [2.45, 2.75) is 32.2 Å². The van der Waals surface area contributed by atoms with Gasteiger partial charge in [-0.3, -0.25) is 10.1 Å². The van der Waals surface area contributed by atoms with E-state index in [1.807, 2.05) is 12.4 Å². The molecule has 2 aromatic rings. The van der Waals surface area contributed by atoms with Crippen LogP contribution in [-0.2, 0) is 6.42 Å². The number of nitrogens with zero attached hydrogens (tertiary/aromatic N) is 5. The highest BCUT2D eigenvalue weighted by Gasteiger charge is 2.26. The third kappa shape index (κ3) is 4.01. The molecule has 3 heterocycles. The zero-order chi connectivity index (χ0) is 18.7. The molecule has 0 unspecified atom stereocenters. The number of aromatic nitrogens is 3. The molecule has 0 spiro atoms. The molecular formula is C16H19BrN6O3. The summed E-state index contributed by atoms with van der Waals surface area (Å²) in [5.41, 5.74) is 1.21. The molecule has 0 aliphatic carbocycles. The molecular weight excluding hydrogens is 404 g/mol. The zero-order valence-corrected chi connectivity index (χ0v) is 15.8. The van der Waals surface area contributed by atoms with E-state index in [0.717, 1.165) is 37.9 Å². The molecule has 0 bridgehead atoms. The Morgan fingerprint density at radius 2 is 2.04 bits per heavy atom. The molecule has 1 fully saturated rings. The molecule has 0 atom stereocenters. The van der Waals surface area contributed by atoms with Crippen LogP contribution in [0.4, 0.5) is 17.3 Å². The second-order valence-electron chi connectivity index (χ2n) is 6.13. The standard InChI is InChI=1S/C16H19BrN6O3/c1-2-11-8-18-16(19-9-11)21-5-3-12(4-6-21)20-13-10-22(24)15(17)7-14(13)23(25)26/h7-10,12,20H,2-6H2,1H3. The molecule has 0 amide bonds. The van der Waals surface area contributed by atoms with Crippen molar-refractivity contribution >= 4 is 33.3 Å². The molecule has 0 radical (unpaired) electrons. The predicted molar refractivity (Wildman–Crippen MR) is 100 cm³/mol. The third-order valence-electron chi connectivity index (χ3n) is 4.42. The average molecular weight is 423 g/mol. The van der Waals surface area contributed by atoms with Gasteiger partial charge in [-0.1, -0.05) is 6.92 Å². The Kier molecular flexibility index (Phi) is 5.50. The van der Waals surface area contributed by atoms with Crippen LogP contribution in [0.15, 0.2) is 29.3 Å². The van der Waals surface area contributed by atoms with E-state index in [-0.39, 0.29) is 22.0 Å². The average Bonchev–Trinajstić information content (AvgIpc) is 2.65. The summed E-state index contributed by atoms with van der Waals surface area (Å²) in [6.45, 7) is 3.54. The number of anilines is 2. The van der Waals surface area contributed by atoms with Crippen LogP contribution in [-0.4, -0.2) is 34.0 Å². The second kappa shape index (κ2) is 7.81. The van der Waals surface area contributed by atoms with Crippen molar-refractivity contribution in [1.29, 1.82) is 0 Å². The number of piperidine rings is 1. The van der Waals surface area contributed by atoms with Gasteiger partial charge >= 0.3 is 5.69 Å². The summed E-state index contributed by atoms with van der Waals surface area (Å²) >= 11 is 3.02. The van der Waals surface area contributed by atoms with E-state index in [4.69, 9.17) is 0 Å². The molecule has 26 heavy (non-hydrogen) atoms. The molecule has 10 heteroatoms. The van der Waals surface area contributed by atoms with Crippen LogP contribution in [0.2, 0.25) is 0 Å². The van der Waals surface area contributed by atoms with Crippen molar-refractivity contribution < 1.29 is 9.65 Å². The van der Waals surface area contributed by atoms with Gasteiger partial charge in [-0.05, 0) is 24.8 Å². The second-order valence-corrected chi connectivity index (χ2v) is 6.94. The fourth-order valence-corrected chi connectivity index (χ4v) is 3.22. The predicted octanol–water partition coefficient (Wildman–Crippen LogP) is 2.42. The molecule has 1 aliphatic rings. The molecule has 1 aliphatic heterocycles. The number of halogens is 1. The van der Waals surface area contributed by atoms with E-state index in [1.165, 1.54) is 12.3 Å². The fraction of sp³-hybridized carbons (Fsp3) is 0.438. The Morgan fingerprint density at radius 1 is 1.38 bits per heavy atom. The van der Waals surface area contributed by atoms with Gasteiger partial charge in [-0.2, -0.15) is 4.73 Å². The van der Waals surface area contributed by atoms with Gasteiger partial charge in [-0.15, -0.1) is 0 Å². The first kappa shape index (κ1) is 18.3. The normalized spacial score (nSPS) is 15.1. The molecule has 2 aromatic heterocycles. The molecule has 138 valence electrons. The molecule has 3 rings (SSSR count). The van der Waals surface area contributed by atoms with Crippen LogP contribution in [0.5, 0.6) is 0 Å². The van der Waals surface area contributed by atoms with Crippen molar-refractivity contribution in [3.05, 3.63) is 50.1 Å². The van der Waals surface area contributed by atoms with Crippen LogP contribution < -0.4 is 14.9 Å². The quantitative estimate of drug-likeness (QED) is 0.259. The lowest BCUT2D eigenvalue weighted by atomic mass is 10.0. The van der Waals surface area contributed by atoms with Gasteiger partial charge in [0.15, 0.2) is 5.69 Å². The maximum absolute atomic E-state index is 11.7.